The number of carbonyl (C=O) groups excluding carboxylic acids is 1. The van der Waals surface area contributed by atoms with Gasteiger partial charge in [0.25, 0.3) is 0 Å². The second-order valence-electron chi connectivity index (χ2n) is 5.76. The molecule has 2 unspecified atom stereocenters. The molecule has 0 aromatic heterocycles. The Kier molecular flexibility index (Phi) is 8.25. The molecule has 2 rings (SSSR count). The van der Waals surface area contributed by atoms with E-state index in [0.717, 1.165) is 5.56 Å². The van der Waals surface area contributed by atoms with Gasteiger partial charge in [0.1, 0.15) is 5.75 Å². The van der Waals surface area contributed by atoms with E-state index < -0.39 is 0 Å². The summed E-state index contributed by atoms with van der Waals surface area (Å²) < 4.78 is 11.1. The first-order valence-corrected chi connectivity index (χ1v) is 7.94. The van der Waals surface area contributed by atoms with Crippen molar-refractivity contribution in [2.24, 2.45) is 11.7 Å². The lowest BCUT2D eigenvalue weighted by Gasteiger charge is -2.15. The first-order chi connectivity index (χ1) is 11.5. The number of ether oxygens (including phenoxy) is 2. The molecule has 0 fully saturated rings. The largest absolute Gasteiger partial charge is 0.493 e. The summed E-state index contributed by atoms with van der Waals surface area (Å²) in [5.41, 5.74) is 6.73. The van der Waals surface area contributed by atoms with Gasteiger partial charge in [-0.25, -0.2) is 0 Å². The van der Waals surface area contributed by atoms with Crippen molar-refractivity contribution in [1.82, 2.24) is 5.32 Å². The molecular weight excluding hydrogens is 340 g/mol. The van der Waals surface area contributed by atoms with E-state index in [2.05, 4.69) is 5.32 Å². The van der Waals surface area contributed by atoms with Gasteiger partial charge in [-0.3, -0.25) is 4.79 Å². The van der Waals surface area contributed by atoms with E-state index in [-0.39, 0.29) is 30.3 Å². The summed E-state index contributed by atoms with van der Waals surface area (Å²) in [5.74, 6) is 1.79. The van der Waals surface area contributed by atoms with E-state index in [1.54, 1.807) is 7.11 Å². The molecule has 1 amide bonds. The Morgan fingerprint density at radius 2 is 1.68 bits per heavy atom. The van der Waals surface area contributed by atoms with Crippen LogP contribution in [0, 0.1) is 5.92 Å². The van der Waals surface area contributed by atoms with Crippen molar-refractivity contribution in [3.63, 3.8) is 0 Å². The summed E-state index contributed by atoms with van der Waals surface area (Å²) in [5, 5.41) is 2.89. The van der Waals surface area contributed by atoms with E-state index >= 15 is 0 Å². The molecule has 0 saturated carbocycles. The van der Waals surface area contributed by atoms with Gasteiger partial charge in [0, 0.05) is 18.5 Å². The Hall–Kier alpha value is -2.24. The fourth-order valence-electron chi connectivity index (χ4n) is 2.09. The maximum atomic E-state index is 11.9. The van der Waals surface area contributed by atoms with Crippen molar-refractivity contribution in [2.75, 3.05) is 7.11 Å². The van der Waals surface area contributed by atoms with Crippen LogP contribution in [0.2, 0.25) is 0 Å². The topological polar surface area (TPSA) is 73.6 Å². The van der Waals surface area contributed by atoms with Gasteiger partial charge in [0.05, 0.1) is 7.11 Å². The fraction of sp³-hybridized carbons (Fsp3) is 0.316. The Bertz CT molecular complexity index is 675. The highest BCUT2D eigenvalue weighted by Gasteiger charge is 2.16. The number of methoxy groups -OCH3 is 1. The molecule has 5 nitrogen and oxygen atoms in total. The molecule has 0 bridgehead atoms. The third-order valence-corrected chi connectivity index (χ3v) is 3.89. The predicted octanol–water partition coefficient (Wildman–Crippen LogP) is 3.51. The number of nitrogens with two attached hydrogens (primary N) is 1. The molecule has 0 saturated heterocycles. The average Bonchev–Trinajstić information content (AvgIpc) is 2.60. The maximum absolute atomic E-state index is 11.9. The zero-order valence-corrected chi connectivity index (χ0v) is 15.5. The van der Waals surface area contributed by atoms with Crippen molar-refractivity contribution < 1.29 is 14.3 Å². The summed E-state index contributed by atoms with van der Waals surface area (Å²) in [6, 6.07) is 14.9. The van der Waals surface area contributed by atoms with Gasteiger partial charge in [-0.1, -0.05) is 31.2 Å². The number of amides is 1. The molecule has 0 aliphatic heterocycles. The molecule has 2 aromatic carbocycles. The van der Waals surface area contributed by atoms with Crippen molar-refractivity contribution in [1.29, 1.82) is 0 Å². The first kappa shape index (κ1) is 20.8. The normalized spacial score (nSPS) is 12.5. The van der Waals surface area contributed by atoms with Crippen LogP contribution in [0.5, 0.6) is 17.2 Å². The molecule has 0 spiro atoms. The lowest BCUT2D eigenvalue weighted by Crippen LogP contribution is -2.38. The van der Waals surface area contributed by atoms with E-state index in [4.69, 9.17) is 15.2 Å². The number of para-hydroxylation sites is 2. The van der Waals surface area contributed by atoms with Crippen LogP contribution < -0.4 is 20.5 Å². The second-order valence-corrected chi connectivity index (χ2v) is 5.76. The minimum Gasteiger partial charge on any atom is -0.493 e. The average molecular weight is 365 g/mol. The predicted molar refractivity (Wildman–Crippen MR) is 101 cm³/mol. The summed E-state index contributed by atoms with van der Waals surface area (Å²) in [4.78, 5) is 11.9. The minimum atomic E-state index is -0.210. The van der Waals surface area contributed by atoms with E-state index in [0.29, 0.717) is 23.8 Å². The van der Waals surface area contributed by atoms with Crippen LogP contribution in [0.25, 0.3) is 0 Å². The SMILES string of the molecule is COc1ccccc1Oc1ccc(CNC(=O)C(C)C(C)N)cc1.Cl. The molecule has 3 N–H and O–H groups in total. The van der Waals surface area contributed by atoms with Crippen LogP contribution in [-0.4, -0.2) is 19.1 Å². The second kappa shape index (κ2) is 9.91. The Balaban J connectivity index is 0.00000312. The zero-order valence-electron chi connectivity index (χ0n) is 14.7. The van der Waals surface area contributed by atoms with Crippen LogP contribution in [0.4, 0.5) is 0 Å². The van der Waals surface area contributed by atoms with Gasteiger partial charge in [-0.15, -0.1) is 12.4 Å². The molecule has 2 atom stereocenters. The smallest absolute Gasteiger partial charge is 0.224 e. The molecule has 2 aromatic rings. The summed E-state index contributed by atoms with van der Waals surface area (Å²) in [6.45, 7) is 4.11. The van der Waals surface area contributed by atoms with Gasteiger partial charge >= 0.3 is 0 Å². The lowest BCUT2D eigenvalue weighted by molar-refractivity contribution is -0.125. The molecule has 6 heteroatoms. The molecule has 0 aliphatic carbocycles. The number of nitrogens with one attached hydrogen (secondary N) is 1. The Labute approximate surface area is 154 Å². The minimum absolute atomic E-state index is 0. The van der Waals surface area contributed by atoms with Gasteiger partial charge in [0.2, 0.25) is 5.91 Å². The van der Waals surface area contributed by atoms with Crippen molar-refractivity contribution in [3.05, 3.63) is 54.1 Å². The number of carbonyl (C=O) groups is 1. The van der Waals surface area contributed by atoms with E-state index in [9.17, 15) is 4.79 Å². The number of halogens is 1. The summed E-state index contributed by atoms with van der Waals surface area (Å²) in [6.07, 6.45) is 0. The molecule has 25 heavy (non-hydrogen) atoms. The highest BCUT2D eigenvalue weighted by atomic mass is 35.5. The van der Waals surface area contributed by atoms with Gasteiger partial charge in [0.15, 0.2) is 11.5 Å². The lowest BCUT2D eigenvalue weighted by atomic mass is 10.0. The zero-order chi connectivity index (χ0) is 17.5. The molecule has 0 aliphatic rings. The Morgan fingerprint density at radius 1 is 1.08 bits per heavy atom. The number of hydrogen-bond donors (Lipinski definition) is 2. The third kappa shape index (κ3) is 5.96. The molecule has 0 radical (unpaired) electrons. The standard InChI is InChI=1S/C19H24N2O3.ClH/c1-13(14(2)20)19(22)21-12-15-8-10-16(11-9-15)24-18-7-5-4-6-17(18)23-3;/h4-11,13-14H,12,20H2,1-3H3,(H,21,22);1H. The third-order valence-electron chi connectivity index (χ3n) is 3.89. The van der Waals surface area contributed by atoms with Crippen LogP contribution in [0.1, 0.15) is 19.4 Å². The molecular formula is C19H25ClN2O3. The van der Waals surface area contributed by atoms with Crippen LogP contribution in [0.15, 0.2) is 48.5 Å². The highest BCUT2D eigenvalue weighted by molar-refractivity contribution is 5.85. The van der Waals surface area contributed by atoms with E-state index in [1.807, 2.05) is 62.4 Å². The molecule has 136 valence electrons. The maximum Gasteiger partial charge on any atom is 0.224 e. The fourth-order valence-corrected chi connectivity index (χ4v) is 2.09. The van der Waals surface area contributed by atoms with Crippen LogP contribution in [0.3, 0.4) is 0 Å². The number of hydrogen-bond acceptors (Lipinski definition) is 4. The Morgan fingerprint density at radius 3 is 2.24 bits per heavy atom. The van der Waals surface area contributed by atoms with Crippen LogP contribution >= 0.6 is 12.4 Å². The van der Waals surface area contributed by atoms with Crippen molar-refractivity contribution in [3.8, 4) is 17.2 Å². The quantitative estimate of drug-likeness (QED) is 0.788. The monoisotopic (exact) mass is 364 g/mol. The van der Waals surface area contributed by atoms with Crippen molar-refractivity contribution >= 4 is 18.3 Å². The van der Waals surface area contributed by atoms with Gasteiger partial charge in [-0.05, 0) is 36.8 Å². The van der Waals surface area contributed by atoms with Gasteiger partial charge < -0.3 is 20.5 Å². The number of rotatable bonds is 7. The number of benzene rings is 2. The molecule has 0 heterocycles. The van der Waals surface area contributed by atoms with E-state index in [1.165, 1.54) is 0 Å². The van der Waals surface area contributed by atoms with Crippen LogP contribution in [-0.2, 0) is 11.3 Å². The van der Waals surface area contributed by atoms with Gasteiger partial charge in [-0.2, -0.15) is 0 Å². The highest BCUT2D eigenvalue weighted by Crippen LogP contribution is 2.30. The first-order valence-electron chi connectivity index (χ1n) is 7.94. The summed E-state index contributed by atoms with van der Waals surface area (Å²) >= 11 is 0. The summed E-state index contributed by atoms with van der Waals surface area (Å²) in [7, 11) is 1.61. The van der Waals surface area contributed by atoms with Crippen molar-refractivity contribution in [2.45, 2.75) is 26.4 Å².